The second-order valence-electron chi connectivity index (χ2n) is 7.75. The summed E-state index contributed by atoms with van der Waals surface area (Å²) in [4.78, 5) is 11.6. The Bertz CT molecular complexity index is 261. The van der Waals surface area contributed by atoms with Crippen molar-refractivity contribution in [2.45, 2.75) is 124 Å². The van der Waals surface area contributed by atoms with Crippen LogP contribution in [0.2, 0.25) is 0 Å². The van der Waals surface area contributed by atoms with Crippen LogP contribution >= 0.6 is 0 Å². The average Bonchev–Trinajstić information content (AvgIpc) is 2.55. The lowest BCUT2D eigenvalue weighted by molar-refractivity contribution is -0.143. The molecule has 0 aromatic heterocycles. The van der Waals surface area contributed by atoms with Gasteiger partial charge in [0.15, 0.2) is 0 Å². The van der Waals surface area contributed by atoms with E-state index >= 15 is 0 Å². The molecule has 0 spiro atoms. The minimum Gasteiger partial charge on any atom is -0.466 e. The average molecular weight is 341 g/mol. The Hall–Kier alpha value is -0.530. The van der Waals surface area contributed by atoms with Gasteiger partial charge in [-0.15, -0.1) is 0 Å². The van der Waals surface area contributed by atoms with Crippen LogP contribution in [0.1, 0.15) is 124 Å². The molecule has 24 heavy (non-hydrogen) atoms. The third-order valence-electron chi connectivity index (χ3n) is 4.67. The fourth-order valence-corrected chi connectivity index (χ4v) is 3.02. The molecule has 0 N–H and O–H groups in total. The highest BCUT2D eigenvalue weighted by Crippen LogP contribution is 2.13. The number of rotatable bonds is 18. The van der Waals surface area contributed by atoms with Crippen molar-refractivity contribution in [2.75, 3.05) is 6.61 Å². The maximum absolute atomic E-state index is 11.6. The summed E-state index contributed by atoms with van der Waals surface area (Å²) < 4.78 is 5.30. The molecular formula is C22H44O2. The fourth-order valence-electron chi connectivity index (χ4n) is 3.02. The van der Waals surface area contributed by atoms with Crippen molar-refractivity contribution in [1.29, 1.82) is 0 Å². The molecule has 0 atom stereocenters. The van der Waals surface area contributed by atoms with Gasteiger partial charge in [0.05, 0.1) is 6.61 Å². The van der Waals surface area contributed by atoms with Crippen molar-refractivity contribution in [3.05, 3.63) is 0 Å². The molecular weight excluding hydrogens is 296 g/mol. The second kappa shape index (κ2) is 18.8. The molecule has 2 heteroatoms. The van der Waals surface area contributed by atoms with Gasteiger partial charge in [0.25, 0.3) is 0 Å². The maximum atomic E-state index is 11.6. The van der Waals surface area contributed by atoms with E-state index in [2.05, 4.69) is 20.8 Å². The SMILES string of the molecule is CCCCCCCCOC(=O)CCCCCCCCCCC(C)C. The summed E-state index contributed by atoms with van der Waals surface area (Å²) in [6.45, 7) is 7.47. The highest BCUT2D eigenvalue weighted by molar-refractivity contribution is 5.69. The van der Waals surface area contributed by atoms with Gasteiger partial charge in [-0.3, -0.25) is 4.79 Å². The van der Waals surface area contributed by atoms with Crippen molar-refractivity contribution in [3.8, 4) is 0 Å². The number of carbonyl (C=O) groups is 1. The Balaban J connectivity index is 3.15. The smallest absolute Gasteiger partial charge is 0.305 e. The van der Waals surface area contributed by atoms with E-state index < -0.39 is 0 Å². The predicted octanol–water partition coefficient (Wildman–Crippen LogP) is 7.45. The van der Waals surface area contributed by atoms with Crippen molar-refractivity contribution >= 4 is 5.97 Å². The van der Waals surface area contributed by atoms with Crippen molar-refractivity contribution in [1.82, 2.24) is 0 Å². The van der Waals surface area contributed by atoms with Gasteiger partial charge in [0.2, 0.25) is 0 Å². The molecule has 0 saturated carbocycles. The van der Waals surface area contributed by atoms with Crippen LogP contribution in [0.15, 0.2) is 0 Å². The number of esters is 1. The first kappa shape index (κ1) is 23.5. The summed E-state index contributed by atoms with van der Waals surface area (Å²) in [6, 6.07) is 0. The number of unbranched alkanes of at least 4 members (excludes halogenated alkanes) is 12. The van der Waals surface area contributed by atoms with Crippen LogP contribution in [0.25, 0.3) is 0 Å². The molecule has 0 amide bonds. The largest absolute Gasteiger partial charge is 0.466 e. The lowest BCUT2D eigenvalue weighted by Gasteiger charge is -2.06. The van der Waals surface area contributed by atoms with Gasteiger partial charge >= 0.3 is 5.97 Å². The summed E-state index contributed by atoms with van der Waals surface area (Å²) in [7, 11) is 0. The van der Waals surface area contributed by atoms with Crippen LogP contribution in [0.3, 0.4) is 0 Å². The zero-order valence-electron chi connectivity index (χ0n) is 16.9. The lowest BCUT2D eigenvalue weighted by Crippen LogP contribution is -2.05. The molecule has 0 bridgehead atoms. The molecule has 0 heterocycles. The summed E-state index contributed by atoms with van der Waals surface area (Å²) in [6.07, 6.45) is 19.8. The van der Waals surface area contributed by atoms with Crippen molar-refractivity contribution in [3.63, 3.8) is 0 Å². The quantitative estimate of drug-likeness (QED) is 0.191. The van der Waals surface area contributed by atoms with Crippen LogP contribution in [0.5, 0.6) is 0 Å². The van der Waals surface area contributed by atoms with E-state index in [1.54, 1.807) is 0 Å². The number of hydrogen-bond acceptors (Lipinski definition) is 2. The first-order chi connectivity index (χ1) is 11.7. The van der Waals surface area contributed by atoms with E-state index in [0.29, 0.717) is 13.0 Å². The highest BCUT2D eigenvalue weighted by Gasteiger charge is 2.02. The van der Waals surface area contributed by atoms with Gasteiger partial charge in [-0.2, -0.15) is 0 Å². The molecule has 0 fully saturated rings. The second-order valence-corrected chi connectivity index (χ2v) is 7.75. The summed E-state index contributed by atoms with van der Waals surface area (Å²) in [5.74, 6) is 0.864. The van der Waals surface area contributed by atoms with E-state index in [1.165, 1.54) is 83.5 Å². The van der Waals surface area contributed by atoms with Crippen molar-refractivity contribution in [2.24, 2.45) is 5.92 Å². The Kier molecular flexibility index (Phi) is 18.4. The minimum atomic E-state index is 0.0113. The van der Waals surface area contributed by atoms with Gasteiger partial charge in [0, 0.05) is 6.42 Å². The van der Waals surface area contributed by atoms with Crippen LogP contribution in [0, 0.1) is 5.92 Å². The zero-order valence-corrected chi connectivity index (χ0v) is 16.9. The molecule has 0 aromatic carbocycles. The van der Waals surface area contributed by atoms with E-state index in [0.717, 1.165) is 18.8 Å². The summed E-state index contributed by atoms with van der Waals surface area (Å²) >= 11 is 0. The normalized spacial score (nSPS) is 11.2. The molecule has 144 valence electrons. The van der Waals surface area contributed by atoms with E-state index in [-0.39, 0.29) is 5.97 Å². The Morgan fingerprint density at radius 3 is 1.79 bits per heavy atom. The van der Waals surface area contributed by atoms with Gasteiger partial charge in [-0.25, -0.2) is 0 Å². The molecule has 0 saturated heterocycles. The van der Waals surface area contributed by atoms with E-state index in [9.17, 15) is 4.79 Å². The first-order valence-electron chi connectivity index (χ1n) is 10.8. The molecule has 0 aliphatic rings. The molecule has 0 radical (unpaired) electrons. The monoisotopic (exact) mass is 340 g/mol. The zero-order chi connectivity index (χ0) is 17.9. The summed E-state index contributed by atoms with van der Waals surface area (Å²) in [5.41, 5.74) is 0. The molecule has 0 aromatic rings. The minimum absolute atomic E-state index is 0.0113. The molecule has 0 aliphatic heterocycles. The van der Waals surface area contributed by atoms with Crippen LogP contribution in [-0.2, 0) is 9.53 Å². The molecule has 0 aliphatic carbocycles. The molecule has 2 nitrogen and oxygen atoms in total. The number of carbonyl (C=O) groups excluding carboxylic acids is 1. The van der Waals surface area contributed by atoms with Gasteiger partial charge in [0.1, 0.15) is 0 Å². The first-order valence-corrected chi connectivity index (χ1v) is 10.8. The standard InChI is InChI=1S/C22H44O2/c1-4-5-6-7-14-17-20-24-22(23)19-16-13-11-9-8-10-12-15-18-21(2)3/h21H,4-20H2,1-3H3. The lowest BCUT2D eigenvalue weighted by atomic mass is 10.0. The van der Waals surface area contributed by atoms with Crippen LogP contribution in [0.4, 0.5) is 0 Å². The van der Waals surface area contributed by atoms with Gasteiger partial charge < -0.3 is 4.74 Å². The molecule has 0 unspecified atom stereocenters. The van der Waals surface area contributed by atoms with Crippen LogP contribution < -0.4 is 0 Å². The predicted molar refractivity (Wildman–Crippen MR) is 105 cm³/mol. The highest BCUT2D eigenvalue weighted by atomic mass is 16.5. The topological polar surface area (TPSA) is 26.3 Å². The fraction of sp³-hybridized carbons (Fsp3) is 0.955. The van der Waals surface area contributed by atoms with Crippen LogP contribution in [-0.4, -0.2) is 12.6 Å². The Labute approximate surface area is 152 Å². The number of ether oxygens (including phenoxy) is 1. The molecule has 0 rings (SSSR count). The van der Waals surface area contributed by atoms with Crippen molar-refractivity contribution < 1.29 is 9.53 Å². The Morgan fingerprint density at radius 2 is 1.21 bits per heavy atom. The van der Waals surface area contributed by atoms with Gasteiger partial charge in [-0.05, 0) is 18.8 Å². The summed E-state index contributed by atoms with van der Waals surface area (Å²) in [5, 5.41) is 0. The van der Waals surface area contributed by atoms with Gasteiger partial charge in [-0.1, -0.05) is 104 Å². The third kappa shape index (κ3) is 19.5. The van der Waals surface area contributed by atoms with E-state index in [4.69, 9.17) is 4.74 Å². The Morgan fingerprint density at radius 1 is 0.708 bits per heavy atom. The van der Waals surface area contributed by atoms with E-state index in [1.807, 2.05) is 0 Å². The third-order valence-corrected chi connectivity index (χ3v) is 4.67. The maximum Gasteiger partial charge on any atom is 0.305 e. The number of hydrogen-bond donors (Lipinski definition) is 0.